The molecule has 0 saturated carbocycles. The molecule has 3 N–H and O–H groups in total. The van der Waals surface area contributed by atoms with Crippen LogP contribution in [0.3, 0.4) is 0 Å². The van der Waals surface area contributed by atoms with Gasteiger partial charge in [0.25, 0.3) is 0 Å². The van der Waals surface area contributed by atoms with E-state index in [2.05, 4.69) is 15.5 Å². The summed E-state index contributed by atoms with van der Waals surface area (Å²) in [6, 6.07) is 14.2. The molecule has 2 aromatic rings. The van der Waals surface area contributed by atoms with Crippen LogP contribution >= 0.6 is 0 Å². The number of amides is 2. The minimum atomic E-state index is -0.277. The highest BCUT2D eigenvalue weighted by atomic mass is 16.3. The second kappa shape index (κ2) is 9.63. The first-order valence-electron chi connectivity index (χ1n) is 10.3. The van der Waals surface area contributed by atoms with Gasteiger partial charge in [0.2, 0.25) is 11.8 Å². The predicted molar refractivity (Wildman–Crippen MR) is 120 cm³/mol. The summed E-state index contributed by atoms with van der Waals surface area (Å²) in [6.45, 7) is 3.24. The molecule has 0 aliphatic carbocycles. The topological polar surface area (TPSA) is 84.9 Å². The number of nitrogens with zero attached hydrogens (tertiary/aromatic N) is 2. The van der Waals surface area contributed by atoms with E-state index in [4.69, 9.17) is 0 Å². The van der Waals surface area contributed by atoms with Crippen LogP contribution in [0.15, 0.2) is 48.5 Å². The minimum Gasteiger partial charge on any atom is -0.506 e. The van der Waals surface area contributed by atoms with Gasteiger partial charge in [0, 0.05) is 31.4 Å². The molecule has 160 valence electrons. The van der Waals surface area contributed by atoms with Crippen molar-refractivity contribution in [3.05, 3.63) is 48.5 Å². The number of nitrogens with one attached hydrogen (secondary N) is 2. The van der Waals surface area contributed by atoms with Crippen LogP contribution < -0.4 is 15.5 Å². The molecule has 0 bridgehead atoms. The van der Waals surface area contributed by atoms with Gasteiger partial charge in [0.1, 0.15) is 5.75 Å². The van der Waals surface area contributed by atoms with Crippen molar-refractivity contribution in [3.8, 4) is 5.75 Å². The summed E-state index contributed by atoms with van der Waals surface area (Å²) in [6.07, 6.45) is 1.35. The lowest BCUT2D eigenvalue weighted by molar-refractivity contribution is -0.123. The van der Waals surface area contributed by atoms with E-state index in [0.717, 1.165) is 11.4 Å². The van der Waals surface area contributed by atoms with Crippen molar-refractivity contribution < 1.29 is 14.7 Å². The van der Waals surface area contributed by atoms with Crippen molar-refractivity contribution in [2.24, 2.45) is 5.92 Å². The Labute approximate surface area is 177 Å². The van der Waals surface area contributed by atoms with Crippen LogP contribution in [-0.4, -0.2) is 55.0 Å². The molecule has 1 fully saturated rings. The number of para-hydroxylation sites is 2. The molecule has 0 radical (unpaired) electrons. The molecule has 1 saturated heterocycles. The lowest BCUT2D eigenvalue weighted by Crippen LogP contribution is -2.47. The zero-order chi connectivity index (χ0) is 21.7. The first kappa shape index (κ1) is 21.6. The van der Waals surface area contributed by atoms with Gasteiger partial charge in [-0.1, -0.05) is 12.1 Å². The molecule has 1 aliphatic rings. The normalized spacial score (nSPS) is 16.0. The smallest absolute Gasteiger partial charge is 0.241 e. The van der Waals surface area contributed by atoms with Gasteiger partial charge in [-0.2, -0.15) is 0 Å². The molecule has 7 heteroatoms. The van der Waals surface area contributed by atoms with Crippen molar-refractivity contribution in [3.63, 3.8) is 0 Å². The number of carbonyl (C=O) groups excluding carboxylic acids is 2. The van der Waals surface area contributed by atoms with Crippen molar-refractivity contribution in [1.82, 2.24) is 4.90 Å². The summed E-state index contributed by atoms with van der Waals surface area (Å²) < 4.78 is 0. The van der Waals surface area contributed by atoms with Gasteiger partial charge >= 0.3 is 0 Å². The lowest BCUT2D eigenvalue weighted by atomic mass is 9.94. The van der Waals surface area contributed by atoms with Crippen molar-refractivity contribution in [1.29, 1.82) is 0 Å². The number of carbonyl (C=O) groups is 2. The van der Waals surface area contributed by atoms with Crippen LogP contribution in [0, 0.1) is 5.92 Å². The molecular formula is C23H30N4O3. The molecule has 7 nitrogen and oxygen atoms in total. The fraction of sp³-hybridized carbons (Fsp3) is 0.391. The summed E-state index contributed by atoms with van der Waals surface area (Å²) in [7, 11) is 3.95. The predicted octanol–water partition coefficient (Wildman–Crippen LogP) is 3.14. The Bertz CT molecular complexity index is 874. The third-order valence-electron chi connectivity index (χ3n) is 5.64. The number of anilines is 3. The van der Waals surface area contributed by atoms with E-state index in [1.165, 1.54) is 0 Å². The van der Waals surface area contributed by atoms with Crippen molar-refractivity contribution in [2.45, 2.75) is 25.8 Å². The average molecular weight is 411 g/mol. The zero-order valence-corrected chi connectivity index (χ0v) is 17.8. The van der Waals surface area contributed by atoms with Gasteiger partial charge in [0.15, 0.2) is 0 Å². The summed E-state index contributed by atoms with van der Waals surface area (Å²) in [5.74, 6) is -0.208. The van der Waals surface area contributed by atoms with Gasteiger partial charge in [-0.3, -0.25) is 14.5 Å². The molecule has 1 atom stereocenters. The molecule has 0 spiro atoms. The molecule has 30 heavy (non-hydrogen) atoms. The monoisotopic (exact) mass is 410 g/mol. The van der Waals surface area contributed by atoms with Crippen LogP contribution in [0.4, 0.5) is 17.1 Å². The third-order valence-corrected chi connectivity index (χ3v) is 5.64. The van der Waals surface area contributed by atoms with E-state index in [1.807, 2.05) is 50.2 Å². The first-order valence-corrected chi connectivity index (χ1v) is 10.3. The zero-order valence-electron chi connectivity index (χ0n) is 17.8. The third kappa shape index (κ3) is 5.30. The van der Waals surface area contributed by atoms with Gasteiger partial charge in [-0.25, -0.2) is 0 Å². The number of piperidine rings is 1. The number of benzene rings is 2. The van der Waals surface area contributed by atoms with E-state index < -0.39 is 0 Å². The van der Waals surface area contributed by atoms with Gasteiger partial charge in [0.05, 0.1) is 11.7 Å². The fourth-order valence-electron chi connectivity index (χ4n) is 3.62. The van der Waals surface area contributed by atoms with E-state index in [1.54, 1.807) is 24.3 Å². The van der Waals surface area contributed by atoms with Gasteiger partial charge in [-0.05, 0) is 69.3 Å². The SMILES string of the molecule is CC(C(=O)Nc1ccc(N(C)C)cc1)N1CCC(C(=O)Nc2ccccc2O)CC1. The number of phenols is 1. The number of hydrogen-bond donors (Lipinski definition) is 3. The lowest BCUT2D eigenvalue weighted by Gasteiger charge is -2.34. The molecule has 1 heterocycles. The molecule has 1 unspecified atom stereocenters. The summed E-state index contributed by atoms with van der Waals surface area (Å²) in [5.41, 5.74) is 2.28. The Morgan fingerprint density at radius 3 is 2.27 bits per heavy atom. The molecule has 3 rings (SSSR count). The standard InChI is InChI=1S/C23H30N4O3/c1-16(22(29)24-18-8-10-19(11-9-18)26(2)3)27-14-12-17(13-15-27)23(30)25-20-6-4-5-7-21(20)28/h4-11,16-17,28H,12-15H2,1-3H3,(H,24,29)(H,25,30). The second-order valence-electron chi connectivity index (χ2n) is 7.92. The van der Waals surface area contributed by atoms with Crippen molar-refractivity contribution >= 4 is 28.9 Å². The quantitative estimate of drug-likeness (QED) is 0.637. The van der Waals surface area contributed by atoms with Crippen LogP contribution in [0.1, 0.15) is 19.8 Å². The second-order valence-corrected chi connectivity index (χ2v) is 7.92. The largest absolute Gasteiger partial charge is 0.506 e. The number of phenolic OH excluding ortho intramolecular Hbond substituents is 1. The van der Waals surface area contributed by atoms with Crippen molar-refractivity contribution in [2.75, 3.05) is 42.7 Å². The minimum absolute atomic E-state index is 0.0512. The molecule has 0 aromatic heterocycles. The Morgan fingerprint density at radius 1 is 1.03 bits per heavy atom. The van der Waals surface area contributed by atoms with E-state index in [9.17, 15) is 14.7 Å². The van der Waals surface area contributed by atoms with E-state index >= 15 is 0 Å². The van der Waals surface area contributed by atoms with Crippen LogP contribution in [0.2, 0.25) is 0 Å². The van der Waals surface area contributed by atoms with E-state index in [-0.39, 0.29) is 29.5 Å². The number of hydrogen-bond acceptors (Lipinski definition) is 5. The number of aromatic hydroxyl groups is 1. The van der Waals surface area contributed by atoms with Gasteiger partial charge in [-0.15, -0.1) is 0 Å². The highest BCUT2D eigenvalue weighted by Gasteiger charge is 2.30. The Balaban J connectivity index is 1.49. The molecule has 1 aliphatic heterocycles. The summed E-state index contributed by atoms with van der Waals surface area (Å²) in [5, 5.41) is 15.6. The van der Waals surface area contributed by atoms with Crippen LogP contribution in [0.25, 0.3) is 0 Å². The number of rotatable bonds is 6. The maximum Gasteiger partial charge on any atom is 0.241 e. The molecule has 2 amide bonds. The Hall–Kier alpha value is -3.06. The maximum atomic E-state index is 12.7. The molecule has 2 aromatic carbocycles. The Morgan fingerprint density at radius 2 is 1.67 bits per heavy atom. The fourth-order valence-corrected chi connectivity index (χ4v) is 3.62. The van der Waals surface area contributed by atoms with Crippen LogP contribution in [0.5, 0.6) is 5.75 Å². The van der Waals surface area contributed by atoms with E-state index in [0.29, 0.717) is 31.6 Å². The van der Waals surface area contributed by atoms with Gasteiger partial charge < -0.3 is 20.6 Å². The highest BCUT2D eigenvalue weighted by molar-refractivity contribution is 5.95. The summed E-state index contributed by atoms with van der Waals surface area (Å²) in [4.78, 5) is 29.3. The average Bonchev–Trinajstić information content (AvgIpc) is 2.75. The molecular weight excluding hydrogens is 380 g/mol. The first-order chi connectivity index (χ1) is 14.3. The van der Waals surface area contributed by atoms with Crippen LogP contribution in [-0.2, 0) is 9.59 Å². The summed E-state index contributed by atoms with van der Waals surface area (Å²) >= 11 is 0. The highest BCUT2D eigenvalue weighted by Crippen LogP contribution is 2.25. The maximum absolute atomic E-state index is 12.7. The number of likely N-dealkylation sites (tertiary alicyclic amines) is 1. The Kier molecular flexibility index (Phi) is 6.95.